The van der Waals surface area contributed by atoms with Crippen LogP contribution in [0.2, 0.25) is 0 Å². The fourth-order valence-corrected chi connectivity index (χ4v) is 4.78. The third kappa shape index (κ3) is 6.34. The first-order valence-electron chi connectivity index (χ1n) is 12.5. The van der Waals surface area contributed by atoms with E-state index in [4.69, 9.17) is 10.5 Å². The molecule has 8 nitrogen and oxygen atoms in total. The van der Waals surface area contributed by atoms with Crippen LogP contribution in [0.1, 0.15) is 29.0 Å². The fraction of sp³-hybridized carbons (Fsp3) is 0.276. The minimum atomic E-state index is -0.813. The van der Waals surface area contributed by atoms with E-state index in [2.05, 4.69) is 34.9 Å². The molecule has 0 unspecified atom stereocenters. The van der Waals surface area contributed by atoms with Crippen molar-refractivity contribution in [3.05, 3.63) is 95.6 Å². The molecule has 6 N–H and O–H groups in total. The summed E-state index contributed by atoms with van der Waals surface area (Å²) in [5.41, 5.74) is 11.1. The van der Waals surface area contributed by atoms with Crippen LogP contribution in [0.15, 0.2) is 78.9 Å². The number of carbonyl (C=O) groups is 3. The normalized spacial score (nSPS) is 13.6. The molecule has 0 saturated heterocycles. The molecule has 3 aromatic carbocycles. The van der Waals surface area contributed by atoms with Crippen molar-refractivity contribution in [1.82, 2.24) is 10.6 Å². The molecule has 0 radical (unpaired) electrons. The Labute approximate surface area is 216 Å². The number of primary amides is 1. The number of nitrogens with one attached hydrogen (secondary N) is 2. The average Bonchev–Trinajstić information content (AvgIpc) is 3.23. The lowest BCUT2D eigenvalue weighted by Gasteiger charge is -2.19. The second-order valence-electron chi connectivity index (χ2n) is 9.13. The molecule has 0 bridgehead atoms. The van der Waals surface area contributed by atoms with E-state index in [1.807, 2.05) is 54.6 Å². The van der Waals surface area contributed by atoms with Crippen molar-refractivity contribution < 1.29 is 24.4 Å². The van der Waals surface area contributed by atoms with Crippen molar-refractivity contribution in [3.63, 3.8) is 0 Å². The van der Waals surface area contributed by atoms with Gasteiger partial charge in [0.25, 0.3) is 5.91 Å². The van der Waals surface area contributed by atoms with Crippen molar-refractivity contribution in [2.45, 2.75) is 30.8 Å². The second-order valence-corrected chi connectivity index (χ2v) is 9.13. The maximum absolute atomic E-state index is 12.8. The van der Waals surface area contributed by atoms with Crippen molar-refractivity contribution >= 4 is 17.9 Å². The van der Waals surface area contributed by atoms with Gasteiger partial charge in [-0.05, 0) is 27.8 Å². The zero-order chi connectivity index (χ0) is 26.2. The van der Waals surface area contributed by atoms with Crippen LogP contribution in [0.4, 0.5) is 4.79 Å². The molecule has 2 atom stereocenters. The summed E-state index contributed by atoms with van der Waals surface area (Å²) < 4.78 is 5.56. The third-order valence-corrected chi connectivity index (χ3v) is 6.75. The number of ether oxygens (including phenoxy) is 1. The number of hydrogen-bond donors (Lipinski definition) is 4. The van der Waals surface area contributed by atoms with E-state index in [0.29, 0.717) is 12.8 Å². The van der Waals surface area contributed by atoms with Gasteiger partial charge in [0.2, 0.25) is 5.91 Å². The number of quaternary nitrogens is 1. The molecule has 4 rings (SSSR count). The minimum absolute atomic E-state index is 0.0176. The van der Waals surface area contributed by atoms with Crippen molar-refractivity contribution in [3.8, 4) is 11.1 Å². The Hall–Kier alpha value is -4.17. The third-order valence-electron chi connectivity index (χ3n) is 6.75. The summed E-state index contributed by atoms with van der Waals surface area (Å²) in [5.74, 6) is -0.920. The minimum Gasteiger partial charge on any atom is -0.449 e. The largest absolute Gasteiger partial charge is 0.449 e. The van der Waals surface area contributed by atoms with Crippen LogP contribution in [0, 0.1) is 0 Å². The Morgan fingerprint density at radius 2 is 1.51 bits per heavy atom. The molecule has 0 spiro atoms. The Bertz CT molecular complexity index is 1200. The average molecular weight is 502 g/mol. The molecule has 0 aromatic heterocycles. The summed E-state index contributed by atoms with van der Waals surface area (Å²) in [6.45, 7) is 0.475. The first kappa shape index (κ1) is 25.9. The van der Waals surface area contributed by atoms with Crippen LogP contribution in [0.3, 0.4) is 0 Å². The van der Waals surface area contributed by atoms with Gasteiger partial charge in [-0.1, -0.05) is 78.9 Å². The first-order valence-corrected chi connectivity index (χ1v) is 12.5. The van der Waals surface area contributed by atoms with Crippen LogP contribution < -0.4 is 21.7 Å². The van der Waals surface area contributed by atoms with Crippen LogP contribution in [-0.4, -0.2) is 50.2 Å². The highest BCUT2D eigenvalue weighted by Crippen LogP contribution is 2.44. The molecule has 3 amide bonds. The van der Waals surface area contributed by atoms with Gasteiger partial charge in [-0.15, -0.1) is 0 Å². The predicted octanol–water partition coefficient (Wildman–Crippen LogP) is 1.69. The van der Waals surface area contributed by atoms with Crippen molar-refractivity contribution in [1.29, 1.82) is 0 Å². The van der Waals surface area contributed by atoms with Crippen LogP contribution in [0.5, 0.6) is 0 Å². The Balaban J connectivity index is 1.26. The zero-order valence-electron chi connectivity index (χ0n) is 20.9. The van der Waals surface area contributed by atoms with Gasteiger partial charge in [0.1, 0.15) is 12.6 Å². The Morgan fingerprint density at radius 1 is 0.919 bits per heavy atom. The van der Waals surface area contributed by atoms with Gasteiger partial charge in [0.15, 0.2) is 6.04 Å². The molecule has 1 aliphatic carbocycles. The molecule has 0 aliphatic heterocycles. The predicted molar refractivity (Wildman–Crippen MR) is 141 cm³/mol. The van der Waals surface area contributed by atoms with E-state index in [0.717, 1.165) is 16.7 Å². The Morgan fingerprint density at radius 3 is 2.11 bits per heavy atom. The van der Waals surface area contributed by atoms with E-state index >= 15 is 0 Å². The number of fused-ring (bicyclic) bond motifs is 3. The van der Waals surface area contributed by atoms with E-state index in [9.17, 15) is 14.4 Å². The standard InChI is InChI=1S/C29H32N4O4/c1-31-25(28(35)33-26(27(30)34)17-19-9-3-2-4-10-19)15-16-32-29(36)37-18-24-22-13-7-5-11-20(22)21-12-6-8-14-23(21)24/h2-14,24-26,31H,15-18H2,1H3,(H2,30,34)(H,32,36)(H,33,35)/p+1/t25-,26-/m0/s1. The monoisotopic (exact) mass is 501 g/mol. The van der Waals surface area contributed by atoms with E-state index in [1.165, 1.54) is 11.1 Å². The maximum Gasteiger partial charge on any atom is 0.407 e. The lowest BCUT2D eigenvalue weighted by molar-refractivity contribution is -0.650. The molecular weight excluding hydrogens is 468 g/mol. The summed E-state index contributed by atoms with van der Waals surface area (Å²) in [4.78, 5) is 37.1. The fourth-order valence-electron chi connectivity index (χ4n) is 4.78. The van der Waals surface area contributed by atoms with E-state index in [1.54, 1.807) is 12.4 Å². The number of rotatable bonds is 11. The van der Waals surface area contributed by atoms with Crippen molar-refractivity contribution in [2.75, 3.05) is 20.2 Å². The number of likely N-dealkylation sites (N-methyl/N-ethyl adjacent to an activating group) is 1. The summed E-state index contributed by atoms with van der Waals surface area (Å²) in [6.07, 6.45) is 0.149. The number of carbonyl (C=O) groups excluding carboxylic acids is 3. The molecule has 1 aliphatic rings. The molecule has 0 heterocycles. The lowest BCUT2D eigenvalue weighted by Crippen LogP contribution is -2.89. The van der Waals surface area contributed by atoms with Gasteiger partial charge >= 0.3 is 6.09 Å². The number of amides is 3. The lowest BCUT2D eigenvalue weighted by atomic mass is 9.98. The van der Waals surface area contributed by atoms with E-state index < -0.39 is 24.1 Å². The maximum atomic E-state index is 12.8. The van der Waals surface area contributed by atoms with Gasteiger partial charge < -0.3 is 26.4 Å². The molecule has 37 heavy (non-hydrogen) atoms. The van der Waals surface area contributed by atoms with Crippen LogP contribution >= 0.6 is 0 Å². The van der Waals surface area contributed by atoms with Gasteiger partial charge in [-0.25, -0.2) is 4.79 Å². The summed E-state index contributed by atoms with van der Waals surface area (Å²) in [7, 11) is 1.77. The van der Waals surface area contributed by atoms with Gasteiger partial charge in [0.05, 0.1) is 7.05 Å². The number of benzene rings is 3. The Kier molecular flexibility index (Phi) is 8.53. The SMILES string of the molecule is C[NH2+][C@@H](CCNC(=O)OCC1c2ccccc2-c2ccccc21)C(=O)N[C@@H](Cc1ccccc1)C(N)=O. The highest BCUT2D eigenvalue weighted by atomic mass is 16.5. The molecule has 192 valence electrons. The highest BCUT2D eigenvalue weighted by molar-refractivity contribution is 5.88. The van der Waals surface area contributed by atoms with Gasteiger partial charge in [0, 0.05) is 25.3 Å². The van der Waals surface area contributed by atoms with E-state index in [-0.39, 0.29) is 25.0 Å². The molecule has 3 aromatic rings. The van der Waals surface area contributed by atoms with Gasteiger partial charge in [-0.2, -0.15) is 0 Å². The quantitative estimate of drug-likeness (QED) is 0.319. The van der Waals surface area contributed by atoms with Crippen LogP contribution in [0.25, 0.3) is 11.1 Å². The zero-order valence-corrected chi connectivity index (χ0v) is 20.9. The first-order chi connectivity index (χ1) is 18.0. The topological polar surface area (TPSA) is 127 Å². The summed E-state index contributed by atoms with van der Waals surface area (Å²) in [5, 5.41) is 7.23. The molecular formula is C29H33N4O4+. The number of hydrogen-bond acceptors (Lipinski definition) is 4. The molecule has 0 saturated carbocycles. The number of alkyl carbamates (subject to hydrolysis) is 1. The summed E-state index contributed by atoms with van der Waals surface area (Å²) >= 11 is 0. The van der Waals surface area contributed by atoms with Gasteiger partial charge in [-0.3, -0.25) is 9.59 Å². The number of nitrogens with two attached hydrogens (primary N) is 2. The molecule has 0 fully saturated rings. The highest BCUT2D eigenvalue weighted by Gasteiger charge is 2.29. The second kappa shape index (κ2) is 12.2. The summed E-state index contributed by atoms with van der Waals surface area (Å²) in [6, 6.07) is 24.4. The van der Waals surface area contributed by atoms with Crippen LogP contribution in [-0.2, 0) is 20.7 Å². The van der Waals surface area contributed by atoms with Crippen molar-refractivity contribution in [2.24, 2.45) is 5.73 Å². The smallest absolute Gasteiger partial charge is 0.407 e. The molecule has 8 heteroatoms.